The summed E-state index contributed by atoms with van der Waals surface area (Å²) in [5, 5.41) is 1.04. The third-order valence-corrected chi connectivity index (χ3v) is 4.32. The molecule has 1 aromatic rings. The summed E-state index contributed by atoms with van der Waals surface area (Å²) in [6.07, 6.45) is 5.71. The number of hydrogen-bond donors (Lipinski definition) is 1. The summed E-state index contributed by atoms with van der Waals surface area (Å²) in [5.41, 5.74) is 12.7. The fourth-order valence-electron chi connectivity index (χ4n) is 3.16. The van der Waals surface area contributed by atoms with Crippen LogP contribution in [0.3, 0.4) is 0 Å². The summed E-state index contributed by atoms with van der Waals surface area (Å²) < 4.78 is 0. The van der Waals surface area contributed by atoms with E-state index in [1.165, 1.54) is 28.7 Å². The van der Waals surface area contributed by atoms with Crippen LogP contribution in [0.4, 0.5) is 5.69 Å². The number of halogens is 1. The molecule has 0 saturated carbocycles. The fraction of sp³-hybridized carbons (Fsp3) is 0.538. The van der Waals surface area contributed by atoms with Gasteiger partial charge in [-0.25, -0.2) is 0 Å². The molecule has 1 nitrogen and oxygen atoms in total. The second-order valence-corrected chi connectivity index (χ2v) is 5.39. The van der Waals surface area contributed by atoms with E-state index < -0.39 is 0 Å². The van der Waals surface area contributed by atoms with E-state index in [4.69, 9.17) is 17.3 Å². The van der Waals surface area contributed by atoms with Crippen molar-refractivity contribution in [1.29, 1.82) is 0 Å². The molecule has 0 unspecified atom stereocenters. The Morgan fingerprint density at radius 3 is 2.53 bits per heavy atom. The minimum atomic E-state index is 0.710. The van der Waals surface area contributed by atoms with Crippen molar-refractivity contribution in [2.45, 2.75) is 39.0 Å². The molecule has 1 aromatic carbocycles. The summed E-state index contributed by atoms with van der Waals surface area (Å²) in [7, 11) is 0. The lowest BCUT2D eigenvalue weighted by atomic mass is 9.99. The van der Waals surface area contributed by atoms with Crippen LogP contribution in [0.15, 0.2) is 0 Å². The Balaban J connectivity index is 2.27. The molecule has 80 valence electrons. The van der Waals surface area contributed by atoms with Gasteiger partial charge in [0.15, 0.2) is 0 Å². The number of nitrogens with two attached hydrogens (primary N) is 1. The third kappa shape index (κ3) is 1.22. The van der Waals surface area contributed by atoms with Gasteiger partial charge in [-0.3, -0.25) is 0 Å². The molecular formula is C13H16ClN. The zero-order chi connectivity index (χ0) is 10.6. The fourth-order valence-corrected chi connectivity index (χ4v) is 3.56. The standard InChI is InChI=1S/C13H16ClN/c1-7-5-10-11(6-7)13(15)9-4-2-3-8(9)12(10)14/h7H,2-6,15H2,1H3/t7-/m1/s1. The average Bonchev–Trinajstić information content (AvgIpc) is 2.79. The van der Waals surface area contributed by atoms with Gasteiger partial charge < -0.3 is 5.73 Å². The lowest BCUT2D eigenvalue weighted by molar-refractivity contribution is 0.628. The normalized spacial score (nSPS) is 22.9. The first-order valence-corrected chi connectivity index (χ1v) is 6.16. The van der Waals surface area contributed by atoms with Crippen LogP contribution in [0.25, 0.3) is 0 Å². The lowest BCUT2D eigenvalue weighted by Crippen LogP contribution is -2.01. The molecule has 3 rings (SSSR count). The first-order chi connectivity index (χ1) is 7.18. The monoisotopic (exact) mass is 221 g/mol. The maximum atomic E-state index is 6.48. The Bertz CT molecular complexity index is 398. The molecule has 2 heteroatoms. The minimum absolute atomic E-state index is 0.710. The van der Waals surface area contributed by atoms with Gasteiger partial charge in [-0.1, -0.05) is 18.5 Å². The number of hydrogen-bond acceptors (Lipinski definition) is 1. The first kappa shape index (κ1) is 9.53. The molecule has 0 saturated heterocycles. The largest absolute Gasteiger partial charge is 0.398 e. The molecule has 2 aliphatic rings. The summed E-state index contributed by atoms with van der Waals surface area (Å²) >= 11 is 6.48. The molecule has 0 aliphatic heterocycles. The van der Waals surface area contributed by atoms with E-state index in [0.29, 0.717) is 5.92 Å². The zero-order valence-electron chi connectivity index (χ0n) is 9.07. The molecule has 2 N–H and O–H groups in total. The van der Waals surface area contributed by atoms with Crippen molar-refractivity contribution in [3.05, 3.63) is 27.3 Å². The van der Waals surface area contributed by atoms with E-state index >= 15 is 0 Å². The molecule has 2 aliphatic carbocycles. The van der Waals surface area contributed by atoms with Crippen molar-refractivity contribution < 1.29 is 0 Å². The topological polar surface area (TPSA) is 26.0 Å². The maximum Gasteiger partial charge on any atom is 0.0477 e. The molecule has 0 spiro atoms. The third-order valence-electron chi connectivity index (χ3n) is 3.87. The molecule has 0 radical (unpaired) electrons. The maximum absolute atomic E-state index is 6.48. The van der Waals surface area contributed by atoms with E-state index in [1.54, 1.807) is 0 Å². The molecule has 0 aromatic heterocycles. The number of nitrogen functional groups attached to an aromatic ring is 1. The van der Waals surface area contributed by atoms with Crippen molar-refractivity contribution in [1.82, 2.24) is 0 Å². The van der Waals surface area contributed by atoms with Gasteiger partial charge in [0.1, 0.15) is 0 Å². The number of rotatable bonds is 0. The Hall–Kier alpha value is -0.690. The van der Waals surface area contributed by atoms with Gasteiger partial charge in [0.2, 0.25) is 0 Å². The smallest absolute Gasteiger partial charge is 0.0477 e. The summed E-state index contributed by atoms with van der Waals surface area (Å²) in [6, 6.07) is 0. The van der Waals surface area contributed by atoms with E-state index in [1.807, 2.05) is 0 Å². The number of benzene rings is 1. The summed E-state index contributed by atoms with van der Waals surface area (Å²) in [4.78, 5) is 0. The van der Waals surface area contributed by atoms with Crippen LogP contribution in [0.1, 0.15) is 35.6 Å². The highest BCUT2D eigenvalue weighted by Gasteiger charge is 2.29. The minimum Gasteiger partial charge on any atom is -0.398 e. The van der Waals surface area contributed by atoms with Gasteiger partial charge >= 0.3 is 0 Å². The summed E-state index contributed by atoms with van der Waals surface area (Å²) in [5.74, 6) is 0.710. The first-order valence-electron chi connectivity index (χ1n) is 5.79. The molecule has 0 heterocycles. The highest BCUT2D eigenvalue weighted by Crippen LogP contribution is 2.43. The molecule has 0 bridgehead atoms. The van der Waals surface area contributed by atoms with Gasteiger partial charge in [0, 0.05) is 10.7 Å². The second-order valence-electron chi connectivity index (χ2n) is 5.01. The Morgan fingerprint density at radius 2 is 1.73 bits per heavy atom. The quantitative estimate of drug-likeness (QED) is 0.670. The van der Waals surface area contributed by atoms with Crippen molar-refractivity contribution in [3.8, 4) is 0 Å². The highest BCUT2D eigenvalue weighted by atomic mass is 35.5. The van der Waals surface area contributed by atoms with Crippen LogP contribution in [-0.4, -0.2) is 0 Å². The van der Waals surface area contributed by atoms with Crippen molar-refractivity contribution in [2.75, 3.05) is 5.73 Å². The Labute approximate surface area is 95.6 Å². The molecule has 1 atom stereocenters. The van der Waals surface area contributed by atoms with E-state index in [9.17, 15) is 0 Å². The van der Waals surface area contributed by atoms with Gasteiger partial charge in [-0.2, -0.15) is 0 Å². The summed E-state index contributed by atoms with van der Waals surface area (Å²) in [6.45, 7) is 2.28. The Morgan fingerprint density at radius 1 is 1.07 bits per heavy atom. The van der Waals surface area contributed by atoms with Crippen LogP contribution in [0.2, 0.25) is 5.02 Å². The molecular weight excluding hydrogens is 206 g/mol. The van der Waals surface area contributed by atoms with Crippen LogP contribution in [0, 0.1) is 5.92 Å². The van der Waals surface area contributed by atoms with Crippen LogP contribution in [-0.2, 0) is 25.7 Å². The highest BCUT2D eigenvalue weighted by molar-refractivity contribution is 6.32. The zero-order valence-corrected chi connectivity index (χ0v) is 9.82. The van der Waals surface area contributed by atoms with Crippen LogP contribution in [0.5, 0.6) is 0 Å². The van der Waals surface area contributed by atoms with Crippen LogP contribution >= 0.6 is 11.6 Å². The van der Waals surface area contributed by atoms with Gasteiger partial charge in [-0.05, 0) is 60.3 Å². The van der Waals surface area contributed by atoms with Gasteiger partial charge in [-0.15, -0.1) is 0 Å². The molecule has 0 amide bonds. The van der Waals surface area contributed by atoms with Crippen molar-refractivity contribution >= 4 is 17.3 Å². The average molecular weight is 222 g/mol. The lowest BCUT2D eigenvalue weighted by Gasteiger charge is -2.13. The van der Waals surface area contributed by atoms with E-state index in [2.05, 4.69) is 6.92 Å². The Kier molecular flexibility index (Phi) is 2.00. The van der Waals surface area contributed by atoms with Gasteiger partial charge in [0.05, 0.1) is 0 Å². The molecule has 0 fully saturated rings. The SMILES string of the molecule is C[C@H]1Cc2c(N)c3c(c(Cl)c2C1)CCC3. The van der Waals surface area contributed by atoms with Crippen molar-refractivity contribution in [2.24, 2.45) is 5.92 Å². The number of anilines is 1. The number of fused-ring (bicyclic) bond motifs is 2. The van der Waals surface area contributed by atoms with E-state index in [-0.39, 0.29) is 0 Å². The van der Waals surface area contributed by atoms with Crippen LogP contribution < -0.4 is 5.73 Å². The predicted octanol–water partition coefficient (Wildman–Crippen LogP) is 3.15. The molecule has 15 heavy (non-hydrogen) atoms. The van der Waals surface area contributed by atoms with E-state index in [0.717, 1.165) is 36.4 Å². The van der Waals surface area contributed by atoms with Gasteiger partial charge in [0.25, 0.3) is 0 Å². The predicted molar refractivity (Wildman–Crippen MR) is 64.5 cm³/mol. The second kappa shape index (κ2) is 3.15. The van der Waals surface area contributed by atoms with Crippen molar-refractivity contribution in [3.63, 3.8) is 0 Å².